The minimum atomic E-state index is -0.178. The van der Waals surface area contributed by atoms with Gasteiger partial charge in [-0.3, -0.25) is 4.79 Å². The van der Waals surface area contributed by atoms with Gasteiger partial charge >= 0.3 is 0 Å². The zero-order chi connectivity index (χ0) is 21.4. The molecule has 0 saturated heterocycles. The van der Waals surface area contributed by atoms with E-state index in [0.717, 1.165) is 38.9 Å². The summed E-state index contributed by atoms with van der Waals surface area (Å²) in [5.41, 5.74) is 6.74. The summed E-state index contributed by atoms with van der Waals surface area (Å²) in [7, 11) is 0. The Kier molecular flexibility index (Phi) is 5.50. The van der Waals surface area contributed by atoms with Gasteiger partial charge < -0.3 is 5.32 Å². The lowest BCUT2D eigenvalue weighted by atomic mass is 9.94. The molecule has 1 N–H and O–H groups in total. The fraction of sp³-hybridized carbons (Fsp3) is 0.120. The lowest BCUT2D eigenvalue weighted by molar-refractivity contribution is 0.102. The number of rotatable bonds is 3. The standard InChI is InChI=1S/C25H20Cl2N2O/c1-14-12-15(2)23-21(13-14)22(25(30)28-20-10-8-19(27)9-11-20)16(3)24(29-23)17-4-6-18(26)7-5-17/h4-13H,1-3H3,(H,28,30). The number of amides is 1. The molecule has 0 aliphatic rings. The fourth-order valence-electron chi connectivity index (χ4n) is 3.72. The van der Waals surface area contributed by atoms with Crippen LogP contribution in [0.4, 0.5) is 5.69 Å². The van der Waals surface area contributed by atoms with E-state index in [4.69, 9.17) is 28.2 Å². The molecule has 150 valence electrons. The second-order valence-electron chi connectivity index (χ2n) is 7.41. The molecule has 0 fully saturated rings. The van der Waals surface area contributed by atoms with Gasteiger partial charge in [0.05, 0.1) is 16.8 Å². The summed E-state index contributed by atoms with van der Waals surface area (Å²) in [5.74, 6) is -0.178. The number of carbonyl (C=O) groups is 1. The number of hydrogen-bond donors (Lipinski definition) is 1. The van der Waals surface area contributed by atoms with Crippen LogP contribution in [0.3, 0.4) is 0 Å². The minimum Gasteiger partial charge on any atom is -0.322 e. The van der Waals surface area contributed by atoms with E-state index >= 15 is 0 Å². The number of benzene rings is 3. The maximum absolute atomic E-state index is 13.4. The van der Waals surface area contributed by atoms with Crippen LogP contribution in [0.2, 0.25) is 10.0 Å². The first-order valence-corrected chi connectivity index (χ1v) is 10.3. The lowest BCUT2D eigenvalue weighted by Crippen LogP contribution is -2.15. The van der Waals surface area contributed by atoms with E-state index < -0.39 is 0 Å². The number of aromatic nitrogens is 1. The Balaban J connectivity index is 1.93. The van der Waals surface area contributed by atoms with Crippen LogP contribution in [-0.4, -0.2) is 10.9 Å². The first kappa shape index (κ1) is 20.4. The number of nitrogens with zero attached hydrogens (tertiary/aromatic N) is 1. The van der Waals surface area contributed by atoms with Gasteiger partial charge in [0.15, 0.2) is 0 Å². The van der Waals surface area contributed by atoms with Crippen molar-refractivity contribution in [2.75, 3.05) is 5.32 Å². The van der Waals surface area contributed by atoms with Crippen molar-refractivity contribution in [3.8, 4) is 11.3 Å². The van der Waals surface area contributed by atoms with Crippen molar-refractivity contribution in [3.63, 3.8) is 0 Å². The zero-order valence-corrected chi connectivity index (χ0v) is 18.4. The van der Waals surface area contributed by atoms with E-state index in [0.29, 0.717) is 21.3 Å². The summed E-state index contributed by atoms with van der Waals surface area (Å²) < 4.78 is 0. The lowest BCUT2D eigenvalue weighted by Gasteiger charge is -2.17. The quantitative estimate of drug-likeness (QED) is 0.365. The number of pyridine rings is 1. The molecular formula is C25H20Cl2N2O. The Hall–Kier alpha value is -2.88. The molecule has 0 bridgehead atoms. The number of fused-ring (bicyclic) bond motifs is 1. The van der Waals surface area contributed by atoms with Gasteiger partial charge in [0.25, 0.3) is 5.91 Å². The summed E-state index contributed by atoms with van der Waals surface area (Å²) in [6.45, 7) is 5.98. The zero-order valence-electron chi connectivity index (χ0n) is 16.9. The number of hydrogen-bond acceptors (Lipinski definition) is 2. The largest absolute Gasteiger partial charge is 0.322 e. The molecule has 5 heteroatoms. The monoisotopic (exact) mass is 434 g/mol. The number of nitrogens with one attached hydrogen (secondary N) is 1. The van der Waals surface area contributed by atoms with Gasteiger partial charge in [-0.25, -0.2) is 4.98 Å². The highest BCUT2D eigenvalue weighted by Gasteiger charge is 2.20. The molecular weight excluding hydrogens is 415 g/mol. The second-order valence-corrected chi connectivity index (χ2v) is 8.28. The molecule has 0 unspecified atom stereocenters. The maximum atomic E-state index is 13.4. The molecule has 0 aliphatic carbocycles. The molecule has 4 rings (SSSR count). The van der Waals surface area contributed by atoms with E-state index in [1.807, 2.05) is 51.1 Å². The molecule has 4 aromatic rings. The van der Waals surface area contributed by atoms with Gasteiger partial charge in [0.2, 0.25) is 0 Å². The van der Waals surface area contributed by atoms with Crippen molar-refractivity contribution >= 4 is 45.7 Å². The first-order valence-electron chi connectivity index (χ1n) is 9.58. The van der Waals surface area contributed by atoms with Crippen molar-refractivity contribution in [3.05, 3.63) is 93.0 Å². The third kappa shape index (κ3) is 3.91. The molecule has 3 aromatic carbocycles. The topological polar surface area (TPSA) is 42.0 Å². The van der Waals surface area contributed by atoms with Crippen LogP contribution >= 0.6 is 23.2 Å². The van der Waals surface area contributed by atoms with Crippen molar-refractivity contribution in [2.24, 2.45) is 0 Å². The second kappa shape index (κ2) is 8.10. The number of aryl methyl sites for hydroxylation is 2. The Labute approximate surface area is 185 Å². The highest BCUT2D eigenvalue weighted by atomic mass is 35.5. The van der Waals surface area contributed by atoms with Gasteiger partial charge in [-0.15, -0.1) is 0 Å². The summed E-state index contributed by atoms with van der Waals surface area (Å²) in [4.78, 5) is 18.3. The van der Waals surface area contributed by atoms with Crippen LogP contribution in [0.25, 0.3) is 22.2 Å². The molecule has 30 heavy (non-hydrogen) atoms. The minimum absolute atomic E-state index is 0.178. The SMILES string of the molecule is Cc1cc(C)c2nc(-c3ccc(Cl)cc3)c(C)c(C(=O)Nc3ccc(Cl)cc3)c2c1. The van der Waals surface area contributed by atoms with Crippen molar-refractivity contribution in [2.45, 2.75) is 20.8 Å². The fourth-order valence-corrected chi connectivity index (χ4v) is 3.98. The molecule has 1 amide bonds. The van der Waals surface area contributed by atoms with Crippen LogP contribution in [0.1, 0.15) is 27.0 Å². The van der Waals surface area contributed by atoms with Crippen molar-refractivity contribution < 1.29 is 4.79 Å². The van der Waals surface area contributed by atoms with E-state index in [9.17, 15) is 4.79 Å². The normalized spacial score (nSPS) is 11.0. The number of anilines is 1. The van der Waals surface area contributed by atoms with Crippen LogP contribution < -0.4 is 5.32 Å². The predicted molar refractivity (Wildman–Crippen MR) is 126 cm³/mol. The highest BCUT2D eigenvalue weighted by Crippen LogP contribution is 2.33. The summed E-state index contributed by atoms with van der Waals surface area (Å²) in [6, 6.07) is 18.7. The van der Waals surface area contributed by atoms with Crippen LogP contribution in [0.15, 0.2) is 60.7 Å². The molecule has 0 atom stereocenters. The van der Waals surface area contributed by atoms with Gasteiger partial charge in [0.1, 0.15) is 0 Å². The van der Waals surface area contributed by atoms with Crippen molar-refractivity contribution in [1.82, 2.24) is 4.98 Å². The summed E-state index contributed by atoms with van der Waals surface area (Å²) in [6.07, 6.45) is 0. The Morgan fingerprint density at radius 2 is 1.47 bits per heavy atom. The molecule has 1 aromatic heterocycles. The van der Waals surface area contributed by atoms with Gasteiger partial charge in [-0.2, -0.15) is 0 Å². The smallest absolute Gasteiger partial charge is 0.256 e. The molecule has 0 aliphatic heterocycles. The Morgan fingerprint density at radius 3 is 2.10 bits per heavy atom. The van der Waals surface area contributed by atoms with Crippen LogP contribution in [0.5, 0.6) is 0 Å². The Bertz CT molecular complexity index is 1260. The van der Waals surface area contributed by atoms with E-state index in [2.05, 4.69) is 11.4 Å². The van der Waals surface area contributed by atoms with Gasteiger partial charge in [0, 0.05) is 26.7 Å². The van der Waals surface area contributed by atoms with Gasteiger partial charge in [-0.05, 0) is 74.4 Å². The van der Waals surface area contributed by atoms with Crippen LogP contribution in [0, 0.1) is 20.8 Å². The number of carbonyl (C=O) groups excluding carboxylic acids is 1. The van der Waals surface area contributed by atoms with E-state index in [1.54, 1.807) is 24.3 Å². The molecule has 3 nitrogen and oxygen atoms in total. The van der Waals surface area contributed by atoms with Gasteiger partial charge in [-0.1, -0.05) is 47.0 Å². The summed E-state index contributed by atoms with van der Waals surface area (Å²) >= 11 is 12.0. The Morgan fingerprint density at radius 1 is 0.867 bits per heavy atom. The van der Waals surface area contributed by atoms with Crippen LogP contribution in [-0.2, 0) is 0 Å². The first-order chi connectivity index (χ1) is 14.3. The molecule has 0 spiro atoms. The predicted octanol–water partition coefficient (Wildman–Crippen LogP) is 7.39. The molecule has 0 saturated carbocycles. The highest BCUT2D eigenvalue weighted by molar-refractivity contribution is 6.31. The third-order valence-electron chi connectivity index (χ3n) is 5.11. The molecule has 1 heterocycles. The third-order valence-corrected chi connectivity index (χ3v) is 5.62. The average molecular weight is 435 g/mol. The van der Waals surface area contributed by atoms with Crippen molar-refractivity contribution in [1.29, 1.82) is 0 Å². The van der Waals surface area contributed by atoms with E-state index in [-0.39, 0.29) is 5.91 Å². The summed E-state index contributed by atoms with van der Waals surface area (Å²) in [5, 5.41) is 5.12. The maximum Gasteiger partial charge on any atom is 0.256 e. The molecule has 0 radical (unpaired) electrons. The average Bonchev–Trinajstić information content (AvgIpc) is 2.70. The van der Waals surface area contributed by atoms with E-state index in [1.165, 1.54) is 0 Å². The number of halogens is 2.